The quantitative estimate of drug-likeness (QED) is 0.508. The van der Waals surface area contributed by atoms with E-state index < -0.39 is 0 Å². The minimum atomic E-state index is -0.176. The summed E-state index contributed by atoms with van der Waals surface area (Å²) in [6.45, 7) is 2.21. The average molecular weight is 372 g/mol. The van der Waals surface area contributed by atoms with Crippen molar-refractivity contribution >= 4 is 39.1 Å². The molecule has 2 aromatic carbocycles. The van der Waals surface area contributed by atoms with Crippen LogP contribution in [-0.4, -0.2) is 0 Å². The van der Waals surface area contributed by atoms with Gasteiger partial charge in [0.25, 0.3) is 0 Å². The Kier molecular flexibility index (Phi) is 5.95. The van der Waals surface area contributed by atoms with Crippen LogP contribution in [0.25, 0.3) is 0 Å². The third kappa shape index (κ3) is 4.25. The minimum absolute atomic E-state index is 0.176. The van der Waals surface area contributed by atoms with Crippen LogP contribution < -0.4 is 0 Å². The van der Waals surface area contributed by atoms with Gasteiger partial charge in [-0.05, 0) is 47.7 Å². The number of rotatable bonds is 5. The molecule has 2 rings (SSSR count). The zero-order valence-electron chi connectivity index (χ0n) is 11.4. The maximum atomic E-state index is 6.55. The molecule has 0 bridgehead atoms. The molecule has 0 heterocycles. The fourth-order valence-electron chi connectivity index (χ4n) is 2.15. The van der Waals surface area contributed by atoms with Gasteiger partial charge in [0.1, 0.15) is 0 Å². The third-order valence-electron chi connectivity index (χ3n) is 3.27. The van der Waals surface area contributed by atoms with E-state index in [9.17, 15) is 0 Å². The number of unbranched alkanes of at least 4 members (excludes halogenated alkanes) is 1. The highest BCUT2D eigenvalue weighted by Gasteiger charge is 2.12. The van der Waals surface area contributed by atoms with Crippen LogP contribution in [0.2, 0.25) is 5.02 Å². The maximum absolute atomic E-state index is 6.55. The molecule has 0 aromatic heterocycles. The number of benzene rings is 2. The van der Waals surface area contributed by atoms with Gasteiger partial charge in [0.05, 0.1) is 5.38 Å². The van der Waals surface area contributed by atoms with Crippen LogP contribution in [0.1, 0.15) is 41.8 Å². The van der Waals surface area contributed by atoms with Gasteiger partial charge in [-0.25, -0.2) is 0 Å². The molecule has 0 nitrogen and oxygen atoms in total. The van der Waals surface area contributed by atoms with Crippen LogP contribution in [0.5, 0.6) is 0 Å². The van der Waals surface area contributed by atoms with Crippen molar-refractivity contribution in [3.8, 4) is 0 Å². The van der Waals surface area contributed by atoms with E-state index in [1.54, 1.807) is 0 Å². The lowest BCUT2D eigenvalue weighted by atomic mass is 10.0. The first-order valence-electron chi connectivity index (χ1n) is 6.79. The molecular weight excluding hydrogens is 355 g/mol. The lowest BCUT2D eigenvalue weighted by molar-refractivity contribution is 0.794. The lowest BCUT2D eigenvalue weighted by Crippen LogP contribution is -1.94. The van der Waals surface area contributed by atoms with Crippen molar-refractivity contribution in [2.24, 2.45) is 0 Å². The van der Waals surface area contributed by atoms with Crippen LogP contribution in [0.4, 0.5) is 0 Å². The van der Waals surface area contributed by atoms with Crippen molar-refractivity contribution < 1.29 is 0 Å². The zero-order chi connectivity index (χ0) is 14.5. The van der Waals surface area contributed by atoms with Crippen LogP contribution in [0.15, 0.2) is 46.9 Å². The van der Waals surface area contributed by atoms with E-state index in [1.807, 2.05) is 18.2 Å². The van der Waals surface area contributed by atoms with Crippen molar-refractivity contribution in [3.63, 3.8) is 0 Å². The van der Waals surface area contributed by atoms with Gasteiger partial charge in [-0.2, -0.15) is 0 Å². The summed E-state index contributed by atoms with van der Waals surface area (Å²) in [7, 11) is 0. The largest absolute Gasteiger partial charge is 0.113 e. The third-order valence-corrected chi connectivity index (χ3v) is 4.45. The Morgan fingerprint density at radius 3 is 2.35 bits per heavy atom. The molecule has 20 heavy (non-hydrogen) atoms. The minimum Gasteiger partial charge on any atom is -0.113 e. The number of aryl methyl sites for hydroxylation is 1. The molecular formula is C17H17BrCl2. The van der Waals surface area contributed by atoms with Gasteiger partial charge in [0, 0.05) is 9.50 Å². The fourth-order valence-corrected chi connectivity index (χ4v) is 3.31. The van der Waals surface area contributed by atoms with E-state index in [1.165, 1.54) is 18.4 Å². The zero-order valence-corrected chi connectivity index (χ0v) is 14.5. The van der Waals surface area contributed by atoms with E-state index in [0.717, 1.165) is 22.0 Å². The SMILES string of the molecule is CCCCc1ccc(C(Cl)c2cc(Cl)cc(Br)c2)cc1. The Morgan fingerprint density at radius 1 is 1.05 bits per heavy atom. The van der Waals surface area contributed by atoms with Gasteiger partial charge < -0.3 is 0 Å². The van der Waals surface area contributed by atoms with Gasteiger partial charge in [0.2, 0.25) is 0 Å². The Labute approximate surface area is 139 Å². The molecule has 3 heteroatoms. The highest BCUT2D eigenvalue weighted by atomic mass is 79.9. The lowest BCUT2D eigenvalue weighted by Gasteiger charge is -2.12. The molecule has 0 N–H and O–H groups in total. The van der Waals surface area contributed by atoms with Crippen molar-refractivity contribution in [2.75, 3.05) is 0 Å². The van der Waals surface area contributed by atoms with E-state index in [-0.39, 0.29) is 5.38 Å². The summed E-state index contributed by atoms with van der Waals surface area (Å²) in [5, 5.41) is 0.518. The van der Waals surface area contributed by atoms with Crippen molar-refractivity contribution in [1.82, 2.24) is 0 Å². The summed E-state index contributed by atoms with van der Waals surface area (Å²) in [5.74, 6) is 0. The summed E-state index contributed by atoms with van der Waals surface area (Å²) in [6, 6.07) is 14.3. The number of hydrogen-bond donors (Lipinski definition) is 0. The maximum Gasteiger partial charge on any atom is 0.0836 e. The normalized spacial score (nSPS) is 12.4. The molecule has 1 unspecified atom stereocenters. The van der Waals surface area contributed by atoms with Crippen molar-refractivity contribution in [1.29, 1.82) is 0 Å². The molecule has 0 saturated carbocycles. The molecule has 1 atom stereocenters. The monoisotopic (exact) mass is 370 g/mol. The van der Waals surface area contributed by atoms with E-state index in [0.29, 0.717) is 5.02 Å². The predicted octanol–water partition coefficient (Wildman–Crippen LogP) is 6.77. The second-order valence-electron chi connectivity index (χ2n) is 4.91. The van der Waals surface area contributed by atoms with Crippen LogP contribution >= 0.6 is 39.1 Å². The molecule has 0 radical (unpaired) electrons. The highest BCUT2D eigenvalue weighted by molar-refractivity contribution is 9.10. The van der Waals surface area contributed by atoms with Crippen molar-refractivity contribution in [2.45, 2.75) is 31.6 Å². The Morgan fingerprint density at radius 2 is 1.75 bits per heavy atom. The van der Waals surface area contributed by atoms with Gasteiger partial charge in [-0.1, -0.05) is 65.1 Å². The second-order valence-corrected chi connectivity index (χ2v) is 6.70. The molecule has 0 aliphatic rings. The van der Waals surface area contributed by atoms with Gasteiger partial charge in [-0.3, -0.25) is 0 Å². The number of alkyl halides is 1. The topological polar surface area (TPSA) is 0 Å². The standard InChI is InChI=1S/C17H17BrCl2/c1-2-3-4-12-5-7-13(8-6-12)17(20)14-9-15(18)11-16(19)10-14/h5-11,17H,2-4H2,1H3. The van der Waals surface area contributed by atoms with Crippen molar-refractivity contribution in [3.05, 3.63) is 68.7 Å². The molecule has 2 aromatic rings. The first kappa shape index (κ1) is 15.9. The fraction of sp³-hybridized carbons (Fsp3) is 0.294. The van der Waals surface area contributed by atoms with Crippen LogP contribution in [0.3, 0.4) is 0 Å². The smallest absolute Gasteiger partial charge is 0.0836 e. The first-order valence-corrected chi connectivity index (χ1v) is 8.40. The van der Waals surface area contributed by atoms with Crippen LogP contribution in [-0.2, 0) is 6.42 Å². The van der Waals surface area contributed by atoms with Gasteiger partial charge in [0.15, 0.2) is 0 Å². The van der Waals surface area contributed by atoms with E-state index in [2.05, 4.69) is 47.1 Å². The van der Waals surface area contributed by atoms with Gasteiger partial charge >= 0.3 is 0 Å². The number of halogens is 3. The van der Waals surface area contributed by atoms with Gasteiger partial charge in [-0.15, -0.1) is 11.6 Å². The average Bonchev–Trinajstić information content (AvgIpc) is 2.44. The predicted molar refractivity (Wildman–Crippen MR) is 91.9 cm³/mol. The molecule has 0 aliphatic carbocycles. The Hall–Kier alpha value is -0.500. The molecule has 106 valence electrons. The summed E-state index contributed by atoms with van der Waals surface area (Å²) in [4.78, 5) is 0. The molecule has 0 saturated heterocycles. The molecule has 0 aliphatic heterocycles. The van der Waals surface area contributed by atoms with E-state index in [4.69, 9.17) is 23.2 Å². The Balaban J connectivity index is 2.17. The summed E-state index contributed by atoms with van der Waals surface area (Å²) < 4.78 is 0.949. The summed E-state index contributed by atoms with van der Waals surface area (Å²) >= 11 is 16.1. The highest BCUT2D eigenvalue weighted by Crippen LogP contribution is 2.32. The molecule has 0 fully saturated rings. The summed E-state index contributed by atoms with van der Waals surface area (Å²) in [5.41, 5.74) is 3.47. The number of hydrogen-bond acceptors (Lipinski definition) is 0. The molecule has 0 spiro atoms. The Bertz CT molecular complexity index is 543. The molecule has 0 amide bonds. The second kappa shape index (κ2) is 7.49. The van der Waals surface area contributed by atoms with E-state index >= 15 is 0 Å². The summed E-state index contributed by atoms with van der Waals surface area (Å²) in [6.07, 6.45) is 3.58. The first-order chi connectivity index (χ1) is 9.60. The van der Waals surface area contributed by atoms with Crippen LogP contribution in [0, 0.1) is 0 Å².